The lowest BCUT2D eigenvalue weighted by Crippen LogP contribution is -2.33. The van der Waals surface area contributed by atoms with Crippen LogP contribution in [0.5, 0.6) is 0 Å². The molecule has 8 heteroatoms. The summed E-state index contributed by atoms with van der Waals surface area (Å²) in [6, 6.07) is 3.98. The van der Waals surface area contributed by atoms with Crippen LogP contribution in [0.25, 0.3) is 11.0 Å². The molecule has 140 valence electrons. The molecule has 0 saturated carbocycles. The van der Waals surface area contributed by atoms with Gasteiger partial charge in [0.1, 0.15) is 5.65 Å². The number of hydrogen-bond acceptors (Lipinski definition) is 6. The molecule has 3 aromatic rings. The third-order valence-electron chi connectivity index (χ3n) is 4.97. The Kier molecular flexibility index (Phi) is 4.75. The Bertz CT molecular complexity index is 1110. The molecular formula is C19H19N3O4S. The van der Waals surface area contributed by atoms with E-state index in [9.17, 15) is 14.4 Å². The normalized spacial score (nSPS) is 16.6. The molecule has 1 aliphatic rings. The molecule has 0 radical (unpaired) electrons. The molecule has 1 atom stereocenters. The van der Waals surface area contributed by atoms with Crippen LogP contribution in [0.15, 0.2) is 33.3 Å². The van der Waals surface area contributed by atoms with Crippen molar-refractivity contribution in [1.29, 1.82) is 0 Å². The highest BCUT2D eigenvalue weighted by atomic mass is 32.1. The number of hydrogen-bond donors (Lipinski definition) is 1. The van der Waals surface area contributed by atoms with Crippen LogP contribution in [0.4, 0.5) is 0 Å². The van der Waals surface area contributed by atoms with Gasteiger partial charge in [0.15, 0.2) is 5.78 Å². The van der Waals surface area contributed by atoms with Gasteiger partial charge in [-0.25, -0.2) is 9.78 Å². The number of ketones is 1. The van der Waals surface area contributed by atoms with Gasteiger partial charge >= 0.3 is 5.69 Å². The molecule has 27 heavy (non-hydrogen) atoms. The van der Waals surface area contributed by atoms with Crippen LogP contribution in [-0.4, -0.2) is 34.0 Å². The van der Waals surface area contributed by atoms with E-state index < -0.39 is 11.2 Å². The van der Waals surface area contributed by atoms with Crippen LogP contribution >= 0.6 is 11.3 Å². The second-order valence-corrected chi connectivity index (χ2v) is 7.63. The van der Waals surface area contributed by atoms with E-state index in [0.717, 1.165) is 4.88 Å². The fraction of sp³-hybridized carbons (Fsp3) is 0.368. The second kappa shape index (κ2) is 7.21. The maximum Gasteiger partial charge on any atom is 0.329 e. The number of ether oxygens (including phenoxy) is 1. The Morgan fingerprint density at radius 2 is 2.19 bits per heavy atom. The van der Waals surface area contributed by atoms with Gasteiger partial charge in [-0.15, -0.1) is 11.3 Å². The lowest BCUT2D eigenvalue weighted by molar-refractivity contribution is 0.0964. The number of pyridine rings is 1. The zero-order valence-corrected chi connectivity index (χ0v) is 15.7. The maximum absolute atomic E-state index is 12.7. The smallest absolute Gasteiger partial charge is 0.329 e. The topological polar surface area (TPSA) is 94.1 Å². The number of H-pyrrole nitrogens is 1. The first-order chi connectivity index (χ1) is 13.1. The number of carbonyl (C=O) groups is 1. The highest BCUT2D eigenvalue weighted by Crippen LogP contribution is 2.36. The van der Waals surface area contributed by atoms with Crippen molar-refractivity contribution in [3.8, 4) is 0 Å². The largest absolute Gasteiger partial charge is 0.385 e. The number of carbonyl (C=O) groups excluding carboxylic acids is 1. The monoisotopic (exact) mass is 385 g/mol. The Morgan fingerprint density at radius 3 is 2.93 bits per heavy atom. The molecule has 0 amide bonds. The van der Waals surface area contributed by atoms with E-state index in [-0.39, 0.29) is 11.7 Å². The first-order valence-corrected chi connectivity index (χ1v) is 9.68. The summed E-state index contributed by atoms with van der Waals surface area (Å²) in [7, 11) is 1.60. The molecule has 0 saturated heterocycles. The Labute approximate surface area is 158 Å². The third kappa shape index (κ3) is 3.15. The summed E-state index contributed by atoms with van der Waals surface area (Å²) in [6.07, 6.45) is 3.12. The molecular weight excluding hydrogens is 366 g/mol. The molecule has 4 rings (SSSR count). The molecule has 1 aliphatic carbocycles. The standard InChI is InChI=1S/C19H19N3O4S/c1-26-6-3-5-22-17-16(18(24)21-19(22)25)12-8-11(15-4-2-7-27-15)9-14(23)13(12)10-20-17/h2,4,7,10-11H,3,5-6,8-9H2,1H3,(H,21,24,25)/t11-/m1/s1. The zero-order valence-electron chi connectivity index (χ0n) is 14.9. The highest BCUT2D eigenvalue weighted by Gasteiger charge is 2.30. The molecule has 3 heterocycles. The van der Waals surface area contributed by atoms with Gasteiger partial charge in [0, 0.05) is 49.2 Å². The van der Waals surface area contributed by atoms with Gasteiger partial charge in [-0.1, -0.05) is 6.07 Å². The number of fused-ring (bicyclic) bond motifs is 3. The molecule has 7 nitrogen and oxygen atoms in total. The fourth-order valence-corrected chi connectivity index (χ4v) is 4.54. The van der Waals surface area contributed by atoms with E-state index in [4.69, 9.17) is 4.74 Å². The quantitative estimate of drug-likeness (QED) is 0.679. The lowest BCUT2D eigenvalue weighted by Gasteiger charge is -2.24. The number of aromatic nitrogens is 3. The molecule has 0 aromatic carbocycles. The predicted molar refractivity (Wildman–Crippen MR) is 103 cm³/mol. The molecule has 0 aliphatic heterocycles. The average Bonchev–Trinajstić information content (AvgIpc) is 3.18. The van der Waals surface area contributed by atoms with Gasteiger partial charge < -0.3 is 4.74 Å². The maximum atomic E-state index is 12.7. The van der Waals surface area contributed by atoms with Crippen molar-refractivity contribution in [3.63, 3.8) is 0 Å². The third-order valence-corrected chi connectivity index (χ3v) is 6.01. The van der Waals surface area contributed by atoms with E-state index in [1.165, 1.54) is 10.8 Å². The number of aromatic amines is 1. The van der Waals surface area contributed by atoms with Crippen molar-refractivity contribution in [3.05, 3.63) is 60.6 Å². The van der Waals surface area contributed by atoms with Crippen molar-refractivity contribution >= 4 is 28.2 Å². The van der Waals surface area contributed by atoms with Crippen molar-refractivity contribution in [2.24, 2.45) is 0 Å². The van der Waals surface area contributed by atoms with Crippen molar-refractivity contribution in [1.82, 2.24) is 14.5 Å². The number of aryl methyl sites for hydroxylation is 1. The van der Waals surface area contributed by atoms with Crippen molar-refractivity contribution in [2.45, 2.75) is 31.7 Å². The van der Waals surface area contributed by atoms with Gasteiger partial charge in [-0.2, -0.15) is 0 Å². The minimum Gasteiger partial charge on any atom is -0.385 e. The van der Waals surface area contributed by atoms with Crippen LogP contribution < -0.4 is 11.2 Å². The molecule has 0 fully saturated rings. The van der Waals surface area contributed by atoms with Gasteiger partial charge in [0.05, 0.1) is 5.39 Å². The summed E-state index contributed by atoms with van der Waals surface area (Å²) in [5, 5.41) is 2.33. The predicted octanol–water partition coefficient (Wildman–Crippen LogP) is 2.10. The van der Waals surface area contributed by atoms with Gasteiger partial charge in [-0.3, -0.25) is 19.1 Å². The van der Waals surface area contributed by atoms with E-state index in [2.05, 4.69) is 9.97 Å². The van der Waals surface area contributed by atoms with Crippen LogP contribution in [0.3, 0.4) is 0 Å². The zero-order chi connectivity index (χ0) is 19.0. The Balaban J connectivity index is 1.88. The summed E-state index contributed by atoms with van der Waals surface area (Å²) >= 11 is 1.61. The summed E-state index contributed by atoms with van der Waals surface area (Å²) in [5.41, 5.74) is 0.535. The summed E-state index contributed by atoms with van der Waals surface area (Å²) in [6.45, 7) is 0.880. The van der Waals surface area contributed by atoms with E-state index in [1.807, 2.05) is 17.5 Å². The highest BCUT2D eigenvalue weighted by molar-refractivity contribution is 7.10. The SMILES string of the molecule is COCCCn1c(=O)[nH]c(=O)c2c3c(cnc21)C(=O)C[C@H](c1cccs1)C3. The Hall–Kier alpha value is -2.58. The minimum absolute atomic E-state index is 0.0133. The number of thiophene rings is 1. The second-order valence-electron chi connectivity index (χ2n) is 6.65. The van der Waals surface area contributed by atoms with Crippen LogP contribution in [-0.2, 0) is 17.7 Å². The number of rotatable bonds is 5. The molecule has 0 spiro atoms. The Morgan fingerprint density at radius 1 is 1.33 bits per heavy atom. The first kappa shape index (κ1) is 17.8. The molecule has 0 bridgehead atoms. The minimum atomic E-state index is -0.493. The summed E-state index contributed by atoms with van der Waals surface area (Å²) in [5.74, 6) is 0.0319. The van der Waals surface area contributed by atoms with Crippen molar-refractivity contribution in [2.75, 3.05) is 13.7 Å². The average molecular weight is 385 g/mol. The summed E-state index contributed by atoms with van der Waals surface area (Å²) in [4.78, 5) is 45.4. The first-order valence-electron chi connectivity index (χ1n) is 8.80. The van der Waals surface area contributed by atoms with Crippen LogP contribution in [0.1, 0.15) is 39.6 Å². The van der Waals surface area contributed by atoms with E-state index >= 15 is 0 Å². The molecule has 3 aromatic heterocycles. The molecule has 0 unspecified atom stereocenters. The van der Waals surface area contributed by atoms with Gasteiger partial charge in [-0.05, 0) is 29.9 Å². The van der Waals surface area contributed by atoms with Crippen LogP contribution in [0.2, 0.25) is 0 Å². The van der Waals surface area contributed by atoms with Crippen molar-refractivity contribution < 1.29 is 9.53 Å². The number of methoxy groups -OCH3 is 1. The fourth-order valence-electron chi connectivity index (χ4n) is 3.71. The number of nitrogens with one attached hydrogen (secondary N) is 1. The van der Waals surface area contributed by atoms with Gasteiger partial charge in [0.2, 0.25) is 0 Å². The summed E-state index contributed by atoms with van der Waals surface area (Å²) < 4.78 is 6.50. The lowest BCUT2D eigenvalue weighted by atomic mass is 9.82. The van der Waals surface area contributed by atoms with Crippen LogP contribution in [0, 0.1) is 0 Å². The van der Waals surface area contributed by atoms with E-state index in [0.29, 0.717) is 54.6 Å². The number of nitrogens with zero attached hydrogens (tertiary/aromatic N) is 2. The van der Waals surface area contributed by atoms with E-state index in [1.54, 1.807) is 18.4 Å². The molecule has 1 N–H and O–H groups in total. The number of Topliss-reactive ketones (excluding diaryl/α,β-unsaturated/α-hetero) is 1. The van der Waals surface area contributed by atoms with Gasteiger partial charge in [0.25, 0.3) is 5.56 Å².